The second-order valence-electron chi connectivity index (χ2n) is 4.03. The van der Waals surface area contributed by atoms with Crippen LogP contribution in [0.3, 0.4) is 0 Å². The number of hydrogen-bond donors (Lipinski definition) is 3. The molecule has 0 spiro atoms. The van der Waals surface area contributed by atoms with Crippen molar-refractivity contribution in [3.05, 3.63) is 28.9 Å². The zero-order chi connectivity index (χ0) is 14.0. The number of nitrogens with two attached hydrogens (primary N) is 1. The summed E-state index contributed by atoms with van der Waals surface area (Å²) in [6.07, 6.45) is -2.91. The van der Waals surface area contributed by atoms with Gasteiger partial charge in [-0.2, -0.15) is 0 Å². The second-order valence-corrected chi connectivity index (χ2v) is 4.95. The van der Waals surface area contributed by atoms with Crippen LogP contribution in [0.1, 0.15) is 0 Å². The fourth-order valence-electron chi connectivity index (χ4n) is 1.66. The van der Waals surface area contributed by atoms with E-state index in [1.807, 2.05) is 0 Å². The Bertz CT molecular complexity index is 594. The SMILES string of the molecule is Nc1ccc(NCC(O)C(F)F)c2ncc(Br)cc12. The van der Waals surface area contributed by atoms with Crippen molar-refractivity contribution in [3.8, 4) is 0 Å². The number of nitrogen functional groups attached to an aromatic ring is 1. The van der Waals surface area contributed by atoms with Crippen molar-refractivity contribution >= 4 is 38.2 Å². The highest BCUT2D eigenvalue weighted by Gasteiger charge is 2.16. The van der Waals surface area contributed by atoms with Crippen molar-refractivity contribution in [2.24, 2.45) is 0 Å². The minimum Gasteiger partial charge on any atom is -0.398 e. The monoisotopic (exact) mass is 331 g/mol. The van der Waals surface area contributed by atoms with Gasteiger partial charge in [-0.1, -0.05) is 0 Å². The van der Waals surface area contributed by atoms with Crippen LogP contribution in [0.25, 0.3) is 10.9 Å². The number of anilines is 2. The van der Waals surface area contributed by atoms with Gasteiger partial charge in [0.15, 0.2) is 0 Å². The fraction of sp³-hybridized carbons (Fsp3) is 0.250. The summed E-state index contributed by atoms with van der Waals surface area (Å²) in [6.45, 7) is -0.256. The molecule has 0 bridgehead atoms. The van der Waals surface area contributed by atoms with Gasteiger partial charge in [0.2, 0.25) is 0 Å². The van der Waals surface area contributed by atoms with Crippen LogP contribution >= 0.6 is 15.9 Å². The van der Waals surface area contributed by atoms with Crippen molar-refractivity contribution in [3.63, 3.8) is 0 Å². The Morgan fingerprint density at radius 1 is 1.42 bits per heavy atom. The van der Waals surface area contributed by atoms with Gasteiger partial charge in [-0.05, 0) is 34.1 Å². The number of fused-ring (bicyclic) bond motifs is 1. The molecule has 0 saturated carbocycles. The molecule has 0 radical (unpaired) electrons. The minimum absolute atomic E-state index is 0.256. The van der Waals surface area contributed by atoms with Crippen LogP contribution in [0.4, 0.5) is 20.2 Å². The van der Waals surface area contributed by atoms with Gasteiger partial charge in [0.1, 0.15) is 6.10 Å². The van der Waals surface area contributed by atoms with Crippen LogP contribution in [-0.4, -0.2) is 29.2 Å². The molecule has 0 fully saturated rings. The molecule has 1 heterocycles. The maximum Gasteiger partial charge on any atom is 0.265 e. The van der Waals surface area contributed by atoms with Crippen LogP contribution in [0.2, 0.25) is 0 Å². The number of alkyl halides is 2. The lowest BCUT2D eigenvalue weighted by Gasteiger charge is -2.14. The summed E-state index contributed by atoms with van der Waals surface area (Å²) in [7, 11) is 0. The number of aliphatic hydroxyl groups is 1. The van der Waals surface area contributed by atoms with E-state index in [9.17, 15) is 8.78 Å². The lowest BCUT2D eigenvalue weighted by Crippen LogP contribution is -2.26. The lowest BCUT2D eigenvalue weighted by atomic mass is 10.1. The van der Waals surface area contributed by atoms with E-state index in [1.54, 1.807) is 24.4 Å². The predicted octanol–water partition coefficient (Wildman–Crippen LogP) is 2.62. The molecule has 7 heteroatoms. The Morgan fingerprint density at radius 2 is 2.16 bits per heavy atom. The van der Waals surface area contributed by atoms with E-state index in [2.05, 4.69) is 26.2 Å². The van der Waals surface area contributed by atoms with Crippen molar-refractivity contribution in [2.75, 3.05) is 17.6 Å². The summed E-state index contributed by atoms with van der Waals surface area (Å²) >= 11 is 3.29. The third kappa shape index (κ3) is 3.10. The molecule has 4 N–H and O–H groups in total. The summed E-state index contributed by atoms with van der Waals surface area (Å²) in [4.78, 5) is 4.21. The predicted molar refractivity (Wildman–Crippen MR) is 74.4 cm³/mol. The first-order valence-electron chi connectivity index (χ1n) is 5.53. The molecule has 0 aliphatic rings. The second kappa shape index (κ2) is 5.66. The average molecular weight is 332 g/mol. The van der Waals surface area contributed by atoms with E-state index < -0.39 is 12.5 Å². The fourth-order valence-corrected chi connectivity index (χ4v) is 1.99. The topological polar surface area (TPSA) is 71.2 Å². The molecule has 2 aromatic rings. The molecule has 0 saturated heterocycles. The number of rotatable bonds is 4. The Balaban J connectivity index is 2.31. The van der Waals surface area contributed by atoms with E-state index in [1.165, 1.54) is 0 Å². The van der Waals surface area contributed by atoms with E-state index in [0.717, 1.165) is 4.47 Å². The number of halogens is 3. The van der Waals surface area contributed by atoms with E-state index in [0.29, 0.717) is 22.3 Å². The number of hydrogen-bond acceptors (Lipinski definition) is 4. The number of pyridine rings is 1. The molecule has 19 heavy (non-hydrogen) atoms. The van der Waals surface area contributed by atoms with Gasteiger partial charge in [0.05, 0.1) is 11.2 Å². The third-order valence-corrected chi connectivity index (χ3v) is 3.08. The molecule has 0 aliphatic heterocycles. The number of benzene rings is 1. The highest BCUT2D eigenvalue weighted by atomic mass is 79.9. The maximum absolute atomic E-state index is 12.2. The van der Waals surface area contributed by atoms with Gasteiger partial charge in [0, 0.05) is 28.3 Å². The zero-order valence-electron chi connectivity index (χ0n) is 9.78. The standard InChI is InChI=1S/C12H12BrF2N3O/c13-6-3-7-8(16)1-2-9(11(7)18-4-6)17-5-10(19)12(14)15/h1-4,10,12,17,19H,5,16H2. The van der Waals surface area contributed by atoms with E-state index in [4.69, 9.17) is 10.8 Å². The summed E-state index contributed by atoms with van der Waals surface area (Å²) in [6, 6.07) is 5.11. The van der Waals surface area contributed by atoms with Crippen LogP contribution in [-0.2, 0) is 0 Å². The molecule has 2 rings (SSSR count). The normalized spacial score (nSPS) is 12.9. The Kier molecular flexibility index (Phi) is 4.16. The number of aliphatic hydroxyl groups excluding tert-OH is 1. The van der Waals surface area contributed by atoms with Crippen molar-refractivity contribution in [1.29, 1.82) is 0 Å². The highest BCUT2D eigenvalue weighted by Crippen LogP contribution is 2.28. The number of aromatic nitrogens is 1. The molecule has 1 atom stereocenters. The Hall–Kier alpha value is -1.47. The van der Waals surface area contributed by atoms with Crippen molar-refractivity contribution < 1.29 is 13.9 Å². The van der Waals surface area contributed by atoms with E-state index >= 15 is 0 Å². The molecule has 1 aromatic heterocycles. The van der Waals surface area contributed by atoms with Gasteiger partial charge in [-0.25, -0.2) is 8.78 Å². The summed E-state index contributed by atoms with van der Waals surface area (Å²) in [5.41, 5.74) is 7.51. The maximum atomic E-state index is 12.2. The largest absolute Gasteiger partial charge is 0.398 e. The van der Waals surface area contributed by atoms with Crippen molar-refractivity contribution in [1.82, 2.24) is 4.98 Å². The number of nitrogens with one attached hydrogen (secondary N) is 1. The van der Waals surface area contributed by atoms with E-state index in [-0.39, 0.29) is 6.54 Å². The molecule has 0 amide bonds. The first-order chi connectivity index (χ1) is 8.99. The van der Waals surface area contributed by atoms with Crippen LogP contribution in [0.15, 0.2) is 28.9 Å². The number of nitrogens with zero attached hydrogens (tertiary/aromatic N) is 1. The molecule has 4 nitrogen and oxygen atoms in total. The van der Waals surface area contributed by atoms with Gasteiger partial charge in [0.25, 0.3) is 6.43 Å². The lowest BCUT2D eigenvalue weighted by molar-refractivity contribution is 0.00386. The Labute approximate surface area is 116 Å². The summed E-state index contributed by atoms with van der Waals surface area (Å²) in [5, 5.41) is 12.6. The molecular formula is C12H12BrF2N3O. The molecule has 0 aliphatic carbocycles. The van der Waals surface area contributed by atoms with Gasteiger partial charge >= 0.3 is 0 Å². The van der Waals surface area contributed by atoms with Gasteiger partial charge in [-0.3, -0.25) is 4.98 Å². The molecular weight excluding hydrogens is 320 g/mol. The third-order valence-electron chi connectivity index (χ3n) is 2.64. The van der Waals surface area contributed by atoms with Crippen molar-refractivity contribution in [2.45, 2.75) is 12.5 Å². The Morgan fingerprint density at radius 3 is 2.84 bits per heavy atom. The average Bonchev–Trinajstić information content (AvgIpc) is 2.38. The molecule has 102 valence electrons. The van der Waals surface area contributed by atoms with Gasteiger partial charge in [-0.15, -0.1) is 0 Å². The van der Waals surface area contributed by atoms with Gasteiger partial charge < -0.3 is 16.2 Å². The first kappa shape index (κ1) is 14.0. The first-order valence-corrected chi connectivity index (χ1v) is 6.32. The quantitative estimate of drug-likeness (QED) is 0.753. The highest BCUT2D eigenvalue weighted by molar-refractivity contribution is 9.10. The van der Waals surface area contributed by atoms with Crippen LogP contribution in [0.5, 0.6) is 0 Å². The van der Waals surface area contributed by atoms with Crippen LogP contribution in [0, 0.1) is 0 Å². The summed E-state index contributed by atoms with van der Waals surface area (Å²) < 4.78 is 25.2. The smallest absolute Gasteiger partial charge is 0.265 e. The summed E-state index contributed by atoms with van der Waals surface area (Å²) in [5.74, 6) is 0. The molecule has 1 aromatic carbocycles. The molecule has 1 unspecified atom stereocenters. The van der Waals surface area contributed by atoms with Crippen LogP contribution < -0.4 is 11.1 Å². The minimum atomic E-state index is -2.78. The zero-order valence-corrected chi connectivity index (χ0v) is 11.4.